The molecule has 32 heavy (non-hydrogen) atoms. The number of piperidine rings is 1. The Balaban J connectivity index is 1.44. The fraction of sp³-hybridized carbons (Fsp3) is 0.417. The van der Waals surface area contributed by atoms with Crippen LogP contribution in [0.3, 0.4) is 0 Å². The van der Waals surface area contributed by atoms with Crippen molar-refractivity contribution in [1.82, 2.24) is 9.80 Å². The van der Waals surface area contributed by atoms with Crippen LogP contribution in [-0.4, -0.2) is 54.8 Å². The number of anilines is 1. The molecule has 1 N–H and O–H groups in total. The lowest BCUT2D eigenvalue weighted by Gasteiger charge is -2.33. The number of nitrogens with zero attached hydrogens (tertiary/aromatic N) is 2. The number of benzene rings is 2. The third-order valence-electron chi connectivity index (χ3n) is 5.66. The van der Waals surface area contributed by atoms with Crippen molar-refractivity contribution >= 4 is 17.5 Å². The molecule has 1 fully saturated rings. The van der Waals surface area contributed by atoms with Crippen LogP contribution in [0, 0.1) is 5.92 Å². The summed E-state index contributed by atoms with van der Waals surface area (Å²) in [6, 6.07) is 15.1. The predicted molar refractivity (Wildman–Crippen MR) is 117 cm³/mol. The lowest BCUT2D eigenvalue weighted by atomic mass is 9.90. The van der Waals surface area contributed by atoms with Crippen LogP contribution in [0.2, 0.25) is 0 Å². The number of carbonyl (C=O) groups is 2. The van der Waals surface area contributed by atoms with E-state index in [-0.39, 0.29) is 24.7 Å². The van der Waals surface area contributed by atoms with E-state index in [0.29, 0.717) is 19.0 Å². The number of amides is 2. The van der Waals surface area contributed by atoms with E-state index in [1.54, 1.807) is 11.9 Å². The highest BCUT2D eigenvalue weighted by atomic mass is 19.4. The fourth-order valence-electron chi connectivity index (χ4n) is 3.99. The summed E-state index contributed by atoms with van der Waals surface area (Å²) in [6.07, 6.45) is -1.70. The molecule has 0 aromatic heterocycles. The van der Waals surface area contributed by atoms with Gasteiger partial charge in [0.2, 0.25) is 11.8 Å². The van der Waals surface area contributed by atoms with Gasteiger partial charge in [-0.2, -0.15) is 13.2 Å². The van der Waals surface area contributed by atoms with Gasteiger partial charge in [0, 0.05) is 13.1 Å². The van der Waals surface area contributed by atoms with Gasteiger partial charge in [-0.1, -0.05) is 42.5 Å². The summed E-state index contributed by atoms with van der Waals surface area (Å²) < 4.78 is 39.2. The zero-order chi connectivity index (χ0) is 23.1. The third-order valence-corrected chi connectivity index (χ3v) is 5.66. The highest BCUT2D eigenvalue weighted by molar-refractivity contribution is 5.93. The second kappa shape index (κ2) is 10.6. The number of hydrogen-bond acceptors (Lipinski definition) is 3. The smallest absolute Gasteiger partial charge is 0.342 e. The Bertz CT molecular complexity index is 910. The van der Waals surface area contributed by atoms with Crippen molar-refractivity contribution < 1.29 is 22.8 Å². The first-order chi connectivity index (χ1) is 15.2. The van der Waals surface area contributed by atoms with Gasteiger partial charge in [0.1, 0.15) is 0 Å². The van der Waals surface area contributed by atoms with Crippen molar-refractivity contribution in [3.63, 3.8) is 0 Å². The average molecular weight is 448 g/mol. The van der Waals surface area contributed by atoms with Gasteiger partial charge in [-0.05, 0) is 49.9 Å². The second-order valence-corrected chi connectivity index (χ2v) is 8.28. The fourth-order valence-corrected chi connectivity index (χ4v) is 3.99. The number of nitrogens with one attached hydrogen (secondary N) is 1. The summed E-state index contributed by atoms with van der Waals surface area (Å²) >= 11 is 0. The monoisotopic (exact) mass is 447 g/mol. The van der Waals surface area contributed by atoms with Crippen molar-refractivity contribution in [1.29, 1.82) is 0 Å². The average Bonchev–Trinajstić information content (AvgIpc) is 2.74. The quantitative estimate of drug-likeness (QED) is 0.697. The molecule has 0 saturated carbocycles. The summed E-state index contributed by atoms with van der Waals surface area (Å²) in [5.41, 5.74) is 0.116. The summed E-state index contributed by atoms with van der Waals surface area (Å²) in [5, 5.41) is 2.30. The lowest BCUT2D eigenvalue weighted by molar-refractivity contribution is -0.137. The normalized spacial score (nSPS) is 15.1. The molecule has 0 spiro atoms. The van der Waals surface area contributed by atoms with Crippen molar-refractivity contribution in [2.45, 2.75) is 25.4 Å². The molecule has 1 aliphatic heterocycles. The Hall–Kier alpha value is -2.87. The molecule has 2 amide bonds. The standard InChI is InChI=1S/C24H28F3N3O2/c1-29(16-22(31)28-21-10-6-5-9-20(21)24(25,26)27)17-23(32)30-13-11-19(12-14-30)15-18-7-3-2-4-8-18/h2-10,19H,11-17H2,1H3,(H,28,31). The molecule has 0 unspecified atom stereocenters. The minimum Gasteiger partial charge on any atom is -0.342 e. The van der Waals surface area contributed by atoms with Crippen LogP contribution >= 0.6 is 0 Å². The third kappa shape index (κ3) is 6.82. The van der Waals surface area contributed by atoms with E-state index >= 15 is 0 Å². The van der Waals surface area contributed by atoms with Crippen molar-refractivity contribution in [3.05, 3.63) is 65.7 Å². The molecule has 2 aromatic rings. The zero-order valence-electron chi connectivity index (χ0n) is 18.1. The SMILES string of the molecule is CN(CC(=O)Nc1ccccc1C(F)(F)F)CC(=O)N1CCC(Cc2ccccc2)CC1. The minimum absolute atomic E-state index is 0.0394. The van der Waals surface area contributed by atoms with Gasteiger partial charge in [0.05, 0.1) is 24.3 Å². The van der Waals surface area contributed by atoms with E-state index in [2.05, 4.69) is 17.4 Å². The maximum absolute atomic E-state index is 13.1. The van der Waals surface area contributed by atoms with Crippen molar-refractivity contribution in [3.8, 4) is 0 Å². The molecule has 0 atom stereocenters. The molecule has 0 aliphatic carbocycles. The Morgan fingerprint density at radius 2 is 1.62 bits per heavy atom. The Kier molecular flexibility index (Phi) is 7.90. The second-order valence-electron chi connectivity index (χ2n) is 8.28. The molecule has 2 aromatic carbocycles. The van der Waals surface area contributed by atoms with Gasteiger partial charge in [-0.3, -0.25) is 14.5 Å². The van der Waals surface area contributed by atoms with Crippen LogP contribution in [0.25, 0.3) is 0 Å². The largest absolute Gasteiger partial charge is 0.418 e. The van der Waals surface area contributed by atoms with Gasteiger partial charge >= 0.3 is 6.18 Å². The van der Waals surface area contributed by atoms with E-state index < -0.39 is 17.6 Å². The molecule has 1 saturated heterocycles. The summed E-state index contributed by atoms with van der Waals surface area (Å²) in [6.45, 7) is 1.21. The van der Waals surface area contributed by atoms with Crippen LogP contribution in [0.15, 0.2) is 54.6 Å². The number of para-hydroxylation sites is 1. The van der Waals surface area contributed by atoms with Gasteiger partial charge in [0.25, 0.3) is 0 Å². The first kappa shape index (κ1) is 23.8. The zero-order valence-corrected chi connectivity index (χ0v) is 18.1. The van der Waals surface area contributed by atoms with Crippen molar-refractivity contribution in [2.24, 2.45) is 5.92 Å². The predicted octanol–water partition coefficient (Wildman–Crippen LogP) is 4.06. The summed E-state index contributed by atoms with van der Waals surface area (Å²) in [7, 11) is 1.61. The lowest BCUT2D eigenvalue weighted by Crippen LogP contribution is -2.45. The highest BCUT2D eigenvalue weighted by Crippen LogP contribution is 2.34. The van der Waals surface area contributed by atoms with Crippen LogP contribution in [0.1, 0.15) is 24.0 Å². The van der Waals surface area contributed by atoms with Crippen LogP contribution in [-0.2, 0) is 22.2 Å². The minimum atomic E-state index is -4.56. The maximum Gasteiger partial charge on any atom is 0.418 e. The van der Waals surface area contributed by atoms with E-state index in [1.165, 1.54) is 28.7 Å². The molecular formula is C24H28F3N3O2. The number of halogens is 3. The number of rotatable bonds is 7. The number of hydrogen-bond donors (Lipinski definition) is 1. The Labute approximate surface area is 186 Å². The van der Waals surface area contributed by atoms with Crippen LogP contribution in [0.5, 0.6) is 0 Å². The van der Waals surface area contributed by atoms with Gasteiger partial charge in [-0.25, -0.2) is 0 Å². The molecule has 0 radical (unpaired) electrons. The van der Waals surface area contributed by atoms with E-state index in [4.69, 9.17) is 0 Å². The molecule has 172 valence electrons. The summed E-state index contributed by atoms with van der Waals surface area (Å²) in [4.78, 5) is 28.2. The first-order valence-corrected chi connectivity index (χ1v) is 10.7. The molecule has 0 bridgehead atoms. The molecule has 5 nitrogen and oxygen atoms in total. The van der Waals surface area contributed by atoms with Gasteiger partial charge < -0.3 is 10.2 Å². The number of likely N-dealkylation sites (tertiary alicyclic amines) is 1. The summed E-state index contributed by atoms with van der Waals surface area (Å²) in [5.74, 6) is -0.133. The van der Waals surface area contributed by atoms with E-state index in [0.717, 1.165) is 25.3 Å². The number of alkyl halides is 3. The highest BCUT2D eigenvalue weighted by Gasteiger charge is 2.33. The molecule has 1 heterocycles. The van der Waals surface area contributed by atoms with Gasteiger partial charge in [0.15, 0.2) is 0 Å². The number of likely N-dealkylation sites (N-methyl/N-ethyl adjacent to an activating group) is 1. The van der Waals surface area contributed by atoms with Crippen molar-refractivity contribution in [2.75, 3.05) is 38.5 Å². The number of carbonyl (C=O) groups excluding carboxylic acids is 2. The molecule has 8 heteroatoms. The Morgan fingerprint density at radius 1 is 1.00 bits per heavy atom. The van der Waals surface area contributed by atoms with E-state index in [9.17, 15) is 22.8 Å². The van der Waals surface area contributed by atoms with E-state index in [1.807, 2.05) is 18.2 Å². The first-order valence-electron chi connectivity index (χ1n) is 10.7. The maximum atomic E-state index is 13.1. The van der Waals surface area contributed by atoms with Crippen LogP contribution < -0.4 is 5.32 Å². The topological polar surface area (TPSA) is 52.7 Å². The Morgan fingerprint density at radius 3 is 2.28 bits per heavy atom. The molecule has 1 aliphatic rings. The molecular weight excluding hydrogens is 419 g/mol. The van der Waals surface area contributed by atoms with Crippen LogP contribution in [0.4, 0.5) is 18.9 Å². The van der Waals surface area contributed by atoms with Gasteiger partial charge in [-0.15, -0.1) is 0 Å². The molecule has 3 rings (SSSR count).